The summed E-state index contributed by atoms with van der Waals surface area (Å²) in [6.07, 6.45) is 2.42. The van der Waals surface area contributed by atoms with E-state index in [9.17, 15) is 4.79 Å². The normalized spacial score (nSPS) is 13.5. The fourth-order valence-corrected chi connectivity index (χ4v) is 4.41. The summed E-state index contributed by atoms with van der Waals surface area (Å²) in [5.74, 6) is 2.09. The van der Waals surface area contributed by atoms with Crippen molar-refractivity contribution in [2.24, 2.45) is 5.10 Å². The summed E-state index contributed by atoms with van der Waals surface area (Å²) in [6, 6.07) is 23.7. The first kappa shape index (κ1) is 26.1. The van der Waals surface area contributed by atoms with E-state index in [0.29, 0.717) is 37.7 Å². The maximum atomic E-state index is 12.4. The van der Waals surface area contributed by atoms with Crippen molar-refractivity contribution in [1.29, 1.82) is 0 Å². The molecule has 0 bridgehead atoms. The topological polar surface area (TPSA) is 101 Å². The molecule has 3 aromatic carbocycles. The largest absolute Gasteiger partial charge is 0.449 e. The molecule has 200 valence electrons. The Morgan fingerprint density at radius 3 is 2.74 bits per heavy atom. The smallest absolute Gasteiger partial charge is 0.411 e. The minimum atomic E-state index is -0.484. The number of hydrazone groups is 1. The first-order valence-corrected chi connectivity index (χ1v) is 13.1. The molecule has 39 heavy (non-hydrogen) atoms. The molecule has 1 fully saturated rings. The summed E-state index contributed by atoms with van der Waals surface area (Å²) >= 11 is 0. The molecule has 9 nitrogen and oxygen atoms in total. The van der Waals surface area contributed by atoms with Crippen LogP contribution in [0.5, 0.6) is 0 Å². The number of aromatic nitrogens is 2. The lowest BCUT2D eigenvalue weighted by molar-refractivity contribution is 0.122. The van der Waals surface area contributed by atoms with Gasteiger partial charge in [0.1, 0.15) is 11.6 Å². The average molecular weight is 525 g/mol. The molecule has 1 amide bonds. The van der Waals surface area contributed by atoms with E-state index >= 15 is 0 Å². The van der Waals surface area contributed by atoms with Crippen LogP contribution in [-0.2, 0) is 15.9 Å². The van der Waals surface area contributed by atoms with Crippen molar-refractivity contribution in [3.63, 3.8) is 0 Å². The summed E-state index contributed by atoms with van der Waals surface area (Å²) in [4.78, 5) is 24.0. The van der Waals surface area contributed by atoms with E-state index in [4.69, 9.17) is 14.5 Å². The number of benzene rings is 3. The van der Waals surface area contributed by atoms with Crippen molar-refractivity contribution in [2.45, 2.75) is 19.8 Å². The average Bonchev–Trinajstić information content (AvgIpc) is 2.96. The first-order valence-electron chi connectivity index (χ1n) is 13.1. The Morgan fingerprint density at radius 1 is 1.05 bits per heavy atom. The third-order valence-electron chi connectivity index (χ3n) is 6.33. The Balaban J connectivity index is 1.19. The molecule has 2 heterocycles. The molecule has 4 aromatic rings. The first-order chi connectivity index (χ1) is 19.1. The molecule has 9 heteroatoms. The minimum Gasteiger partial charge on any atom is -0.449 e. The monoisotopic (exact) mass is 524 g/mol. The zero-order valence-electron chi connectivity index (χ0n) is 22.0. The number of morpholine rings is 1. The lowest BCUT2D eigenvalue weighted by Gasteiger charge is -2.28. The van der Waals surface area contributed by atoms with Gasteiger partial charge in [-0.25, -0.2) is 14.8 Å². The number of carbonyl (C=O) groups excluding carboxylic acids is 1. The summed E-state index contributed by atoms with van der Waals surface area (Å²) in [5, 5.41) is 9.25. The second-order valence-electron chi connectivity index (χ2n) is 9.30. The number of hydrogen-bond acceptors (Lipinski definition) is 8. The highest BCUT2D eigenvalue weighted by molar-refractivity contribution is 6.00. The number of nitrogens with one attached hydrogen (secondary N) is 2. The number of amides is 1. The van der Waals surface area contributed by atoms with Crippen molar-refractivity contribution in [3.05, 3.63) is 89.7 Å². The van der Waals surface area contributed by atoms with Crippen LogP contribution in [0.15, 0.2) is 77.9 Å². The predicted molar refractivity (Wildman–Crippen MR) is 155 cm³/mol. The van der Waals surface area contributed by atoms with Crippen LogP contribution in [-0.4, -0.2) is 55.2 Å². The van der Waals surface area contributed by atoms with Crippen LogP contribution in [0.2, 0.25) is 0 Å². The summed E-state index contributed by atoms with van der Waals surface area (Å²) in [6.45, 7) is 5.14. The number of hydrogen-bond donors (Lipinski definition) is 2. The molecular weight excluding hydrogens is 492 g/mol. The van der Waals surface area contributed by atoms with Crippen LogP contribution in [0.1, 0.15) is 23.4 Å². The second kappa shape index (κ2) is 12.8. The van der Waals surface area contributed by atoms with Crippen molar-refractivity contribution >= 4 is 40.4 Å². The molecule has 0 atom stereocenters. The molecule has 5 rings (SSSR count). The van der Waals surface area contributed by atoms with E-state index in [2.05, 4.69) is 31.8 Å². The van der Waals surface area contributed by atoms with Gasteiger partial charge in [0.25, 0.3) is 0 Å². The van der Waals surface area contributed by atoms with Gasteiger partial charge >= 0.3 is 6.09 Å². The van der Waals surface area contributed by atoms with Gasteiger partial charge in [-0.3, -0.25) is 10.7 Å². The van der Waals surface area contributed by atoms with Gasteiger partial charge in [-0.05, 0) is 30.4 Å². The van der Waals surface area contributed by atoms with Crippen molar-refractivity contribution in [2.75, 3.05) is 48.6 Å². The van der Waals surface area contributed by atoms with Crippen LogP contribution in [0, 0.1) is 6.92 Å². The lowest BCUT2D eigenvalue weighted by Crippen LogP contribution is -2.37. The van der Waals surface area contributed by atoms with Crippen molar-refractivity contribution in [3.8, 4) is 0 Å². The molecule has 1 saturated heterocycles. The van der Waals surface area contributed by atoms with Gasteiger partial charge in [-0.15, -0.1) is 0 Å². The molecule has 1 aliphatic rings. The van der Waals surface area contributed by atoms with E-state index in [1.54, 1.807) is 6.21 Å². The number of aryl methyl sites for hydroxylation is 2. The van der Waals surface area contributed by atoms with Gasteiger partial charge in [0, 0.05) is 31.0 Å². The van der Waals surface area contributed by atoms with E-state index in [-0.39, 0.29) is 6.61 Å². The Morgan fingerprint density at radius 2 is 1.87 bits per heavy atom. The zero-order valence-corrected chi connectivity index (χ0v) is 22.0. The predicted octanol–water partition coefficient (Wildman–Crippen LogP) is 5.40. The van der Waals surface area contributed by atoms with Crippen LogP contribution < -0.4 is 15.6 Å². The Hall–Kier alpha value is -4.50. The van der Waals surface area contributed by atoms with E-state index in [0.717, 1.165) is 40.9 Å². The van der Waals surface area contributed by atoms with E-state index in [1.165, 1.54) is 5.56 Å². The minimum absolute atomic E-state index is 0.246. The molecule has 0 spiro atoms. The molecule has 1 aliphatic heterocycles. The van der Waals surface area contributed by atoms with Crippen LogP contribution in [0.4, 0.5) is 22.1 Å². The molecule has 0 saturated carbocycles. The second-order valence-corrected chi connectivity index (χ2v) is 9.30. The highest BCUT2D eigenvalue weighted by Gasteiger charge is 2.15. The highest BCUT2D eigenvalue weighted by atomic mass is 16.5. The SMILES string of the molecule is Cc1cccc(C=NNc2cc(N3CCOCC3)nc(CCCOC(=O)Nc3cccc4ccccc34)n2)c1. The number of ether oxygens (including phenoxy) is 2. The molecular formula is C30H32N6O3. The van der Waals surface area contributed by atoms with Gasteiger partial charge in [0.15, 0.2) is 5.82 Å². The lowest BCUT2D eigenvalue weighted by atomic mass is 10.1. The van der Waals surface area contributed by atoms with E-state index < -0.39 is 6.09 Å². The molecule has 1 aromatic heterocycles. The number of carbonyl (C=O) groups is 1. The van der Waals surface area contributed by atoms with Crippen LogP contribution in [0.3, 0.4) is 0 Å². The molecule has 0 unspecified atom stereocenters. The standard InChI is InChI=1S/C30H32N6O3/c1-22-7-4-8-23(19-22)21-31-35-28-20-29(36-14-17-38-18-15-36)34-27(33-28)13-6-16-39-30(37)32-26-12-5-10-24-9-2-3-11-25(24)26/h2-5,7-12,19-21H,6,13-18H2,1H3,(H,32,37)(H,33,34,35). The summed E-state index contributed by atoms with van der Waals surface area (Å²) in [5.41, 5.74) is 5.95. The molecule has 2 N–H and O–H groups in total. The number of rotatable bonds is 9. The molecule has 0 radical (unpaired) electrons. The summed E-state index contributed by atoms with van der Waals surface area (Å²) in [7, 11) is 0. The van der Waals surface area contributed by atoms with Gasteiger partial charge in [-0.1, -0.05) is 66.2 Å². The number of nitrogens with zero attached hydrogens (tertiary/aromatic N) is 4. The third kappa shape index (κ3) is 7.30. The van der Waals surface area contributed by atoms with Crippen molar-refractivity contribution < 1.29 is 14.3 Å². The van der Waals surface area contributed by atoms with Gasteiger partial charge in [-0.2, -0.15) is 5.10 Å². The summed E-state index contributed by atoms with van der Waals surface area (Å²) < 4.78 is 10.9. The van der Waals surface area contributed by atoms with Gasteiger partial charge < -0.3 is 14.4 Å². The fourth-order valence-electron chi connectivity index (χ4n) is 4.41. The maximum Gasteiger partial charge on any atom is 0.411 e. The van der Waals surface area contributed by atoms with Gasteiger partial charge in [0.05, 0.1) is 31.7 Å². The Bertz CT molecular complexity index is 1450. The zero-order chi connectivity index (χ0) is 26.9. The number of anilines is 3. The van der Waals surface area contributed by atoms with Gasteiger partial charge in [0.2, 0.25) is 0 Å². The third-order valence-corrected chi connectivity index (χ3v) is 6.33. The highest BCUT2D eigenvalue weighted by Crippen LogP contribution is 2.23. The van der Waals surface area contributed by atoms with Crippen LogP contribution in [0.25, 0.3) is 10.8 Å². The van der Waals surface area contributed by atoms with Crippen LogP contribution >= 0.6 is 0 Å². The number of fused-ring (bicyclic) bond motifs is 1. The maximum absolute atomic E-state index is 12.4. The fraction of sp³-hybridized carbons (Fsp3) is 0.267. The van der Waals surface area contributed by atoms with Crippen molar-refractivity contribution in [1.82, 2.24) is 9.97 Å². The van der Waals surface area contributed by atoms with E-state index in [1.807, 2.05) is 73.7 Å². The Labute approximate surface area is 227 Å². The molecule has 0 aliphatic carbocycles. The Kier molecular flexibility index (Phi) is 8.60. The quantitative estimate of drug-likeness (QED) is 0.172.